The average Bonchev–Trinajstić information content (AvgIpc) is 2.27. The van der Waals surface area contributed by atoms with Gasteiger partial charge in [0.15, 0.2) is 0 Å². The molecule has 3 N–H and O–H groups in total. The lowest BCUT2D eigenvalue weighted by Gasteiger charge is -2.38. The molecule has 2 rings (SSSR count). The number of aromatic nitrogens is 1. The van der Waals surface area contributed by atoms with Gasteiger partial charge in [0, 0.05) is 19.3 Å². The Morgan fingerprint density at radius 2 is 2.41 bits per heavy atom. The van der Waals surface area contributed by atoms with Crippen molar-refractivity contribution in [3.05, 3.63) is 23.9 Å². The van der Waals surface area contributed by atoms with Gasteiger partial charge in [-0.3, -0.25) is 4.79 Å². The zero-order valence-corrected chi connectivity index (χ0v) is 9.89. The lowest BCUT2D eigenvalue weighted by Crippen LogP contribution is -2.47. The van der Waals surface area contributed by atoms with Crippen molar-refractivity contribution in [1.29, 1.82) is 0 Å². The van der Waals surface area contributed by atoms with Crippen LogP contribution in [0, 0.1) is 0 Å². The number of β-amino-alcohol motifs (C(OH)–C–C–N with tert-alkyl or cyclic N) is 1. The van der Waals surface area contributed by atoms with Crippen LogP contribution in [0.5, 0.6) is 0 Å². The predicted octanol–water partition coefficient (Wildman–Crippen LogP) is 0.532. The van der Waals surface area contributed by atoms with Crippen LogP contribution in [0.1, 0.15) is 30.1 Å². The van der Waals surface area contributed by atoms with E-state index in [9.17, 15) is 9.90 Å². The first-order valence-corrected chi connectivity index (χ1v) is 5.72. The first-order valence-electron chi connectivity index (χ1n) is 5.72. The average molecular weight is 235 g/mol. The summed E-state index contributed by atoms with van der Waals surface area (Å²) in [5, 5.41) is 10.1. The summed E-state index contributed by atoms with van der Waals surface area (Å²) >= 11 is 0. The maximum Gasteiger partial charge on any atom is 0.252 e. The third-order valence-electron chi connectivity index (χ3n) is 3.03. The van der Waals surface area contributed by atoms with Crippen molar-refractivity contribution in [2.75, 3.05) is 18.0 Å². The van der Waals surface area contributed by atoms with Gasteiger partial charge in [0.2, 0.25) is 0 Å². The van der Waals surface area contributed by atoms with Crippen LogP contribution in [0.4, 0.5) is 5.82 Å². The van der Waals surface area contributed by atoms with Crippen molar-refractivity contribution in [1.82, 2.24) is 4.98 Å². The van der Waals surface area contributed by atoms with E-state index in [0.717, 1.165) is 19.4 Å². The lowest BCUT2D eigenvalue weighted by molar-refractivity contribution is 0.0446. The van der Waals surface area contributed by atoms with Crippen LogP contribution in [-0.4, -0.2) is 34.7 Å². The second-order valence-electron chi connectivity index (χ2n) is 4.76. The number of nitrogens with two attached hydrogens (primary N) is 1. The molecule has 1 fully saturated rings. The van der Waals surface area contributed by atoms with Crippen molar-refractivity contribution in [2.45, 2.75) is 25.4 Å². The molecule has 17 heavy (non-hydrogen) atoms. The maximum atomic E-state index is 11.3. The van der Waals surface area contributed by atoms with Gasteiger partial charge in [-0.25, -0.2) is 4.98 Å². The Hall–Kier alpha value is -1.62. The van der Waals surface area contributed by atoms with Crippen LogP contribution in [0.2, 0.25) is 0 Å². The van der Waals surface area contributed by atoms with E-state index < -0.39 is 11.5 Å². The summed E-state index contributed by atoms with van der Waals surface area (Å²) in [7, 11) is 0. The smallest absolute Gasteiger partial charge is 0.252 e. The summed E-state index contributed by atoms with van der Waals surface area (Å²) in [6.07, 6.45) is 3.27. The molecule has 1 aliphatic rings. The lowest BCUT2D eigenvalue weighted by atomic mass is 9.95. The van der Waals surface area contributed by atoms with E-state index in [1.54, 1.807) is 25.3 Å². The first kappa shape index (κ1) is 11.9. The summed E-state index contributed by atoms with van der Waals surface area (Å²) in [4.78, 5) is 17.4. The topological polar surface area (TPSA) is 79.4 Å². The summed E-state index contributed by atoms with van der Waals surface area (Å²) < 4.78 is 0. The molecule has 1 aromatic heterocycles. The van der Waals surface area contributed by atoms with E-state index >= 15 is 0 Å². The van der Waals surface area contributed by atoms with Crippen molar-refractivity contribution in [3.63, 3.8) is 0 Å². The van der Waals surface area contributed by atoms with Crippen LogP contribution in [0.25, 0.3) is 0 Å². The Kier molecular flexibility index (Phi) is 3.02. The minimum Gasteiger partial charge on any atom is -0.388 e. The summed E-state index contributed by atoms with van der Waals surface area (Å²) in [5.41, 5.74) is 5.00. The number of carbonyl (C=O) groups excluding carboxylic acids is 1. The summed E-state index contributed by atoms with van der Waals surface area (Å²) in [6.45, 7) is 3.06. The van der Waals surface area contributed by atoms with Crippen LogP contribution >= 0.6 is 0 Å². The fraction of sp³-hybridized carbons (Fsp3) is 0.500. The number of hydrogen-bond acceptors (Lipinski definition) is 4. The molecule has 5 nitrogen and oxygen atoms in total. The second-order valence-corrected chi connectivity index (χ2v) is 4.76. The van der Waals surface area contributed by atoms with Crippen LogP contribution in [0.3, 0.4) is 0 Å². The van der Waals surface area contributed by atoms with Gasteiger partial charge in [-0.15, -0.1) is 0 Å². The van der Waals surface area contributed by atoms with E-state index in [1.165, 1.54) is 0 Å². The molecule has 0 radical (unpaired) electrons. The van der Waals surface area contributed by atoms with E-state index in [2.05, 4.69) is 4.98 Å². The Labute approximate surface area is 100 Å². The SMILES string of the molecule is CC1(O)CCCN(c2ncccc2C(N)=O)C1. The molecule has 0 aliphatic carbocycles. The van der Waals surface area contributed by atoms with Crippen LogP contribution in [0.15, 0.2) is 18.3 Å². The number of piperidine rings is 1. The predicted molar refractivity (Wildman–Crippen MR) is 64.8 cm³/mol. The molecule has 0 spiro atoms. The zero-order valence-electron chi connectivity index (χ0n) is 9.89. The van der Waals surface area contributed by atoms with E-state index in [1.807, 2.05) is 4.90 Å². The monoisotopic (exact) mass is 235 g/mol. The molecule has 1 aromatic rings. The molecule has 5 heteroatoms. The quantitative estimate of drug-likeness (QED) is 0.783. The molecule has 0 bridgehead atoms. The zero-order chi connectivity index (χ0) is 12.5. The van der Waals surface area contributed by atoms with Gasteiger partial charge in [-0.2, -0.15) is 0 Å². The number of amides is 1. The van der Waals surface area contributed by atoms with Crippen molar-refractivity contribution < 1.29 is 9.90 Å². The molecule has 1 aliphatic heterocycles. The van der Waals surface area contributed by atoms with Gasteiger partial charge < -0.3 is 15.7 Å². The fourth-order valence-electron chi connectivity index (χ4n) is 2.24. The van der Waals surface area contributed by atoms with E-state index in [0.29, 0.717) is 17.9 Å². The van der Waals surface area contributed by atoms with E-state index in [4.69, 9.17) is 5.73 Å². The number of primary amides is 1. The highest BCUT2D eigenvalue weighted by Crippen LogP contribution is 2.26. The summed E-state index contributed by atoms with van der Waals surface area (Å²) in [6, 6.07) is 3.35. The van der Waals surface area contributed by atoms with Crippen molar-refractivity contribution in [3.8, 4) is 0 Å². The molecule has 92 valence electrons. The maximum absolute atomic E-state index is 11.3. The number of hydrogen-bond donors (Lipinski definition) is 2. The standard InChI is InChI=1S/C12H17N3O2/c1-12(17)5-3-7-15(8-12)11-9(10(13)16)4-2-6-14-11/h2,4,6,17H,3,5,7-8H2,1H3,(H2,13,16). The number of rotatable bonds is 2. The highest BCUT2D eigenvalue weighted by Gasteiger charge is 2.30. The number of carbonyl (C=O) groups is 1. The van der Waals surface area contributed by atoms with E-state index in [-0.39, 0.29) is 0 Å². The molecular formula is C12H17N3O2. The molecule has 2 heterocycles. The molecule has 1 saturated heterocycles. The minimum absolute atomic E-state index is 0.408. The molecule has 1 amide bonds. The third kappa shape index (κ3) is 2.55. The first-order chi connectivity index (χ1) is 7.99. The molecule has 1 atom stereocenters. The Morgan fingerprint density at radius 1 is 1.65 bits per heavy atom. The van der Waals surface area contributed by atoms with Gasteiger partial charge in [0.1, 0.15) is 5.82 Å². The van der Waals surface area contributed by atoms with Gasteiger partial charge >= 0.3 is 0 Å². The Balaban J connectivity index is 2.30. The Morgan fingerprint density at radius 3 is 3.06 bits per heavy atom. The third-order valence-corrected chi connectivity index (χ3v) is 3.03. The molecule has 0 aromatic carbocycles. The minimum atomic E-state index is -0.731. The molecule has 1 unspecified atom stereocenters. The largest absolute Gasteiger partial charge is 0.388 e. The highest BCUT2D eigenvalue weighted by atomic mass is 16.3. The van der Waals surface area contributed by atoms with Gasteiger partial charge in [-0.1, -0.05) is 0 Å². The Bertz CT molecular complexity index is 432. The number of aliphatic hydroxyl groups is 1. The van der Waals surface area contributed by atoms with Crippen LogP contribution < -0.4 is 10.6 Å². The number of pyridine rings is 1. The summed E-state index contributed by atoms with van der Waals surface area (Å²) in [5.74, 6) is 0.0818. The van der Waals surface area contributed by atoms with Gasteiger partial charge in [0.05, 0.1) is 11.2 Å². The number of nitrogens with zero attached hydrogens (tertiary/aromatic N) is 2. The normalized spacial score (nSPS) is 24.7. The molecular weight excluding hydrogens is 218 g/mol. The van der Waals surface area contributed by atoms with Gasteiger partial charge in [0.25, 0.3) is 5.91 Å². The van der Waals surface area contributed by atoms with Crippen molar-refractivity contribution >= 4 is 11.7 Å². The molecule has 0 saturated carbocycles. The fourth-order valence-corrected chi connectivity index (χ4v) is 2.24. The van der Waals surface area contributed by atoms with Gasteiger partial charge in [-0.05, 0) is 31.9 Å². The van der Waals surface area contributed by atoms with Crippen molar-refractivity contribution in [2.24, 2.45) is 5.73 Å². The number of anilines is 1. The highest BCUT2D eigenvalue weighted by molar-refractivity contribution is 5.97. The second kappa shape index (κ2) is 4.33. The van der Waals surface area contributed by atoms with Crippen LogP contribution in [-0.2, 0) is 0 Å².